The van der Waals surface area contributed by atoms with Crippen LogP contribution in [-0.4, -0.2) is 52.6 Å². The second kappa shape index (κ2) is 12.1. The van der Waals surface area contributed by atoms with Crippen LogP contribution >= 0.6 is 11.6 Å². The molecule has 2 amide bonds. The summed E-state index contributed by atoms with van der Waals surface area (Å²) in [7, 11) is 0. The first-order valence-electron chi connectivity index (χ1n) is 14.2. The zero-order valence-corrected chi connectivity index (χ0v) is 24.3. The molecule has 1 atom stereocenters. The van der Waals surface area contributed by atoms with Gasteiger partial charge >= 0.3 is 0 Å². The van der Waals surface area contributed by atoms with Crippen LogP contribution < -0.4 is 11.1 Å². The number of pyridine rings is 1. The smallest absolute Gasteiger partial charge is 0.273 e. The van der Waals surface area contributed by atoms with Gasteiger partial charge in [-0.2, -0.15) is 0 Å². The number of likely N-dealkylation sites (tertiary alicyclic amines) is 1. The number of halogens is 1. The SMILES string of the molecule is CCCc1ccnc(NC(=O)c2ccc(-c3nc([C@@H]4CCCCN4C(=O)c4ccnc(Cl)n4)n4ccnc(N)c34)cc2)c1. The fourth-order valence-corrected chi connectivity index (χ4v) is 5.67. The predicted octanol–water partition coefficient (Wildman–Crippen LogP) is 5.39. The Labute approximate surface area is 253 Å². The van der Waals surface area contributed by atoms with Gasteiger partial charge in [0.05, 0.1) is 6.04 Å². The number of rotatable bonds is 7. The lowest BCUT2D eigenvalue weighted by molar-refractivity contribution is 0.0593. The maximum Gasteiger partial charge on any atom is 0.273 e. The number of nitrogens with zero attached hydrogens (tertiary/aromatic N) is 7. The Balaban J connectivity index is 1.32. The van der Waals surface area contributed by atoms with Gasteiger partial charge in [-0.05, 0) is 73.2 Å². The minimum atomic E-state index is -0.320. The van der Waals surface area contributed by atoms with E-state index in [0.29, 0.717) is 40.8 Å². The van der Waals surface area contributed by atoms with E-state index in [9.17, 15) is 9.59 Å². The van der Waals surface area contributed by atoms with Gasteiger partial charge in [-0.1, -0.05) is 25.5 Å². The van der Waals surface area contributed by atoms with E-state index in [1.54, 1.807) is 41.7 Å². The zero-order chi connectivity index (χ0) is 29.9. The van der Waals surface area contributed by atoms with Gasteiger partial charge in [0.1, 0.15) is 34.4 Å². The van der Waals surface area contributed by atoms with E-state index in [-0.39, 0.29) is 28.8 Å². The normalized spacial score (nSPS) is 15.0. The summed E-state index contributed by atoms with van der Waals surface area (Å²) in [5, 5.41) is 2.90. The maximum atomic E-state index is 13.6. The average Bonchev–Trinajstić information content (AvgIpc) is 3.42. The number of nitrogens with one attached hydrogen (secondary N) is 1. The zero-order valence-electron chi connectivity index (χ0n) is 23.6. The summed E-state index contributed by atoms with van der Waals surface area (Å²) in [6, 6.07) is 12.2. The third kappa shape index (κ3) is 5.76. The molecule has 1 saturated heterocycles. The van der Waals surface area contributed by atoms with Gasteiger partial charge in [0.15, 0.2) is 0 Å². The van der Waals surface area contributed by atoms with E-state index in [0.717, 1.165) is 43.2 Å². The van der Waals surface area contributed by atoms with E-state index < -0.39 is 0 Å². The van der Waals surface area contributed by atoms with Gasteiger partial charge in [-0.3, -0.25) is 14.0 Å². The molecule has 6 rings (SSSR count). The minimum absolute atomic E-state index is 0.0187. The molecule has 5 aromatic rings. The van der Waals surface area contributed by atoms with Crippen LogP contribution in [0.1, 0.15) is 70.9 Å². The molecule has 0 radical (unpaired) electrons. The molecule has 5 heterocycles. The summed E-state index contributed by atoms with van der Waals surface area (Å²) in [6.45, 7) is 2.66. The van der Waals surface area contributed by atoms with Gasteiger partial charge in [0.2, 0.25) is 5.28 Å². The molecule has 1 aliphatic rings. The Bertz CT molecular complexity index is 1810. The summed E-state index contributed by atoms with van der Waals surface area (Å²) in [4.78, 5) is 50.0. The van der Waals surface area contributed by atoms with Crippen molar-refractivity contribution < 1.29 is 9.59 Å². The standard InChI is InChI=1S/C31H30ClN9O2/c1-2-5-19-11-13-34-24(18-19)38-29(42)21-9-7-20(8-10-21)25-26-27(33)35-15-17-41(26)28(39-25)23-6-3-4-16-40(23)30(43)22-12-14-36-31(32)37-22/h7-15,17-18,23H,2-6,16H2,1H3,(H2,33,35)(H,34,38,42)/t23-/m0/s1. The van der Waals surface area contributed by atoms with Crippen molar-refractivity contribution in [3.05, 3.63) is 95.2 Å². The van der Waals surface area contributed by atoms with Gasteiger partial charge in [0, 0.05) is 42.5 Å². The minimum Gasteiger partial charge on any atom is -0.382 e. The van der Waals surface area contributed by atoms with Gasteiger partial charge in [-0.25, -0.2) is 24.9 Å². The Kier molecular flexibility index (Phi) is 7.97. The topological polar surface area (TPSA) is 144 Å². The number of anilines is 2. The third-order valence-corrected chi connectivity index (χ3v) is 7.72. The van der Waals surface area contributed by atoms with Gasteiger partial charge in [0.25, 0.3) is 11.8 Å². The van der Waals surface area contributed by atoms with E-state index in [4.69, 9.17) is 22.3 Å². The lowest BCUT2D eigenvalue weighted by Crippen LogP contribution is -2.39. The molecule has 0 aliphatic carbocycles. The first-order chi connectivity index (χ1) is 20.9. The van der Waals surface area contributed by atoms with Crippen molar-refractivity contribution in [1.82, 2.24) is 34.2 Å². The lowest BCUT2D eigenvalue weighted by atomic mass is 10.0. The van der Waals surface area contributed by atoms with Crippen LogP contribution in [0, 0.1) is 0 Å². The highest BCUT2D eigenvalue weighted by molar-refractivity contribution is 6.28. The number of fused-ring (bicyclic) bond motifs is 1. The maximum absolute atomic E-state index is 13.6. The molecule has 0 bridgehead atoms. The van der Waals surface area contributed by atoms with Crippen molar-refractivity contribution >= 4 is 40.6 Å². The van der Waals surface area contributed by atoms with E-state index >= 15 is 0 Å². The van der Waals surface area contributed by atoms with Crippen LogP contribution in [0.5, 0.6) is 0 Å². The fourth-order valence-electron chi connectivity index (χ4n) is 5.52. The van der Waals surface area contributed by atoms with Crippen molar-refractivity contribution in [2.45, 2.75) is 45.1 Å². The molecule has 4 aromatic heterocycles. The number of amides is 2. The number of carbonyl (C=O) groups is 2. The lowest BCUT2D eigenvalue weighted by Gasteiger charge is -2.34. The molecule has 1 aliphatic heterocycles. The highest BCUT2D eigenvalue weighted by Gasteiger charge is 2.33. The van der Waals surface area contributed by atoms with Crippen molar-refractivity contribution in [3.8, 4) is 11.3 Å². The molecule has 0 unspecified atom stereocenters. The van der Waals surface area contributed by atoms with E-state index in [1.807, 2.05) is 28.7 Å². The molecule has 11 nitrogen and oxygen atoms in total. The van der Waals surface area contributed by atoms with Crippen LogP contribution in [0.15, 0.2) is 67.3 Å². The van der Waals surface area contributed by atoms with Crippen LogP contribution in [-0.2, 0) is 6.42 Å². The Morgan fingerprint density at radius 3 is 2.63 bits per heavy atom. The summed E-state index contributed by atoms with van der Waals surface area (Å²) in [5.41, 5.74) is 10.2. The molecule has 3 N–H and O–H groups in total. The molecule has 1 fully saturated rings. The summed E-state index contributed by atoms with van der Waals surface area (Å²) in [5.74, 6) is 1.00. The number of aromatic nitrogens is 6. The van der Waals surface area contributed by atoms with Crippen molar-refractivity contribution in [3.63, 3.8) is 0 Å². The second-order valence-corrected chi connectivity index (χ2v) is 10.7. The highest BCUT2D eigenvalue weighted by Crippen LogP contribution is 2.36. The molecule has 0 spiro atoms. The Hall–Kier alpha value is -4.90. The van der Waals surface area contributed by atoms with Crippen LogP contribution in [0.2, 0.25) is 5.28 Å². The average molecular weight is 596 g/mol. The quantitative estimate of drug-likeness (QED) is 0.238. The van der Waals surface area contributed by atoms with E-state index in [1.165, 1.54) is 6.20 Å². The highest BCUT2D eigenvalue weighted by atomic mass is 35.5. The first-order valence-corrected chi connectivity index (χ1v) is 14.6. The van der Waals surface area contributed by atoms with Gasteiger partial charge in [-0.15, -0.1) is 0 Å². The molecule has 12 heteroatoms. The number of hydrogen-bond acceptors (Lipinski definition) is 8. The van der Waals surface area contributed by atoms with Crippen LogP contribution in [0.4, 0.5) is 11.6 Å². The number of piperidine rings is 1. The monoisotopic (exact) mass is 595 g/mol. The van der Waals surface area contributed by atoms with Crippen LogP contribution in [0.3, 0.4) is 0 Å². The van der Waals surface area contributed by atoms with Crippen LogP contribution in [0.25, 0.3) is 16.8 Å². The number of nitrogen functional groups attached to an aromatic ring is 1. The summed E-state index contributed by atoms with van der Waals surface area (Å²) >= 11 is 5.98. The predicted molar refractivity (Wildman–Crippen MR) is 164 cm³/mol. The number of hydrogen-bond donors (Lipinski definition) is 2. The number of aryl methyl sites for hydroxylation is 1. The first kappa shape index (κ1) is 28.2. The number of nitrogens with two attached hydrogens (primary N) is 1. The number of benzene rings is 1. The summed E-state index contributed by atoms with van der Waals surface area (Å²) < 4.78 is 1.90. The summed E-state index contributed by atoms with van der Waals surface area (Å²) in [6.07, 6.45) is 11.0. The molecular formula is C31H30ClN9O2. The Morgan fingerprint density at radius 1 is 1.02 bits per heavy atom. The molecule has 1 aromatic carbocycles. The largest absolute Gasteiger partial charge is 0.382 e. The van der Waals surface area contributed by atoms with Crippen molar-refractivity contribution in [1.29, 1.82) is 0 Å². The number of imidazole rings is 1. The molecule has 43 heavy (non-hydrogen) atoms. The van der Waals surface area contributed by atoms with Gasteiger partial charge < -0.3 is 16.0 Å². The third-order valence-electron chi connectivity index (χ3n) is 7.54. The molecular weight excluding hydrogens is 566 g/mol. The van der Waals surface area contributed by atoms with E-state index in [2.05, 4.69) is 32.2 Å². The molecule has 218 valence electrons. The second-order valence-electron chi connectivity index (χ2n) is 10.4. The number of carbonyl (C=O) groups excluding carboxylic acids is 2. The fraction of sp³-hybridized carbons (Fsp3) is 0.258. The molecule has 0 saturated carbocycles. The van der Waals surface area contributed by atoms with Crippen molar-refractivity contribution in [2.24, 2.45) is 0 Å². The van der Waals surface area contributed by atoms with Crippen molar-refractivity contribution in [2.75, 3.05) is 17.6 Å². The Morgan fingerprint density at radius 2 is 1.84 bits per heavy atom.